The number of hydrogen-bond donors (Lipinski definition) is 2. The molecule has 7 heteroatoms. The summed E-state index contributed by atoms with van der Waals surface area (Å²) in [5, 5.41) is 7.12. The number of halogens is 1. The minimum atomic E-state index is 0. The third-order valence-corrected chi connectivity index (χ3v) is 7.51. The molecule has 6 nitrogen and oxygen atoms in total. The maximum Gasteiger partial charge on any atom is 0.225 e. The Morgan fingerprint density at radius 2 is 1.82 bits per heavy atom. The van der Waals surface area contributed by atoms with Gasteiger partial charge in [0.05, 0.1) is 0 Å². The molecule has 1 aliphatic carbocycles. The van der Waals surface area contributed by atoms with Crippen LogP contribution in [0, 0.1) is 11.8 Å². The topological polar surface area (TPSA) is 60.0 Å². The average Bonchev–Trinajstić information content (AvgIpc) is 3.51. The minimum absolute atomic E-state index is 0. The van der Waals surface area contributed by atoms with Crippen molar-refractivity contribution < 1.29 is 4.79 Å². The Bertz CT molecular complexity index is 752. The van der Waals surface area contributed by atoms with Crippen LogP contribution in [-0.4, -0.2) is 74.0 Å². The van der Waals surface area contributed by atoms with Crippen molar-refractivity contribution in [2.75, 3.05) is 46.3 Å². The van der Waals surface area contributed by atoms with Crippen LogP contribution in [0.3, 0.4) is 0 Å². The third-order valence-electron chi connectivity index (χ3n) is 7.51. The van der Waals surface area contributed by atoms with Gasteiger partial charge in [-0.1, -0.05) is 49.6 Å². The van der Waals surface area contributed by atoms with Crippen LogP contribution in [0.15, 0.2) is 35.3 Å². The lowest BCUT2D eigenvalue weighted by molar-refractivity contribution is -0.135. The molecule has 0 spiro atoms. The second-order valence-corrected chi connectivity index (χ2v) is 9.89. The summed E-state index contributed by atoms with van der Waals surface area (Å²) in [5.74, 6) is 2.20. The maximum atomic E-state index is 12.8. The van der Waals surface area contributed by atoms with Crippen molar-refractivity contribution in [3.05, 3.63) is 35.9 Å². The van der Waals surface area contributed by atoms with Crippen LogP contribution in [0.2, 0.25) is 0 Å². The molecule has 1 amide bonds. The first-order valence-electron chi connectivity index (χ1n) is 12.7. The SMILES string of the molecule is CN=C(NCC1CCN(CCc2ccccc2)C1)NC1CCN(C(=O)C2CCCCC2)C1.I. The zero-order chi connectivity index (χ0) is 22.2. The van der Waals surface area contributed by atoms with Crippen LogP contribution in [0.4, 0.5) is 0 Å². The van der Waals surface area contributed by atoms with E-state index in [1.165, 1.54) is 37.8 Å². The standard InChI is InChI=1S/C26H41N5O.HI/c1-27-26(29-24-14-17-31(20-24)25(32)23-10-6-3-7-11-23)28-18-22-13-16-30(19-22)15-12-21-8-4-2-5-9-21;/h2,4-5,8-9,22-24H,3,6-7,10-20H2,1H3,(H2,27,28,29);1H. The number of hydrogen-bond acceptors (Lipinski definition) is 3. The van der Waals surface area contributed by atoms with Gasteiger partial charge in [0.2, 0.25) is 5.91 Å². The number of guanidine groups is 1. The Kier molecular flexibility index (Phi) is 10.8. The summed E-state index contributed by atoms with van der Waals surface area (Å²) in [6.45, 7) is 6.13. The second kappa shape index (κ2) is 13.5. The number of likely N-dealkylation sites (tertiary alicyclic amines) is 2. The molecule has 2 saturated heterocycles. The van der Waals surface area contributed by atoms with Crippen molar-refractivity contribution in [3.8, 4) is 0 Å². The zero-order valence-electron chi connectivity index (χ0n) is 20.2. The summed E-state index contributed by atoms with van der Waals surface area (Å²) < 4.78 is 0. The van der Waals surface area contributed by atoms with Crippen molar-refractivity contribution in [1.82, 2.24) is 20.4 Å². The number of aliphatic imine (C=N–C) groups is 1. The lowest BCUT2D eigenvalue weighted by Gasteiger charge is -2.26. The smallest absolute Gasteiger partial charge is 0.225 e. The van der Waals surface area contributed by atoms with E-state index in [1.54, 1.807) is 0 Å². The van der Waals surface area contributed by atoms with E-state index >= 15 is 0 Å². The Balaban J connectivity index is 0.00000306. The average molecular weight is 568 g/mol. The van der Waals surface area contributed by atoms with Gasteiger partial charge >= 0.3 is 0 Å². The predicted octanol–water partition coefficient (Wildman–Crippen LogP) is 3.52. The number of nitrogens with one attached hydrogen (secondary N) is 2. The maximum absolute atomic E-state index is 12.8. The van der Waals surface area contributed by atoms with Gasteiger partial charge in [-0.15, -0.1) is 24.0 Å². The lowest BCUT2D eigenvalue weighted by atomic mass is 9.88. The van der Waals surface area contributed by atoms with E-state index in [0.29, 0.717) is 17.9 Å². The van der Waals surface area contributed by atoms with Crippen LogP contribution in [0.1, 0.15) is 50.5 Å². The fraction of sp³-hybridized carbons (Fsp3) is 0.692. The molecule has 4 rings (SSSR count). The number of carbonyl (C=O) groups is 1. The van der Waals surface area contributed by atoms with Gasteiger partial charge in [0.1, 0.15) is 0 Å². The molecule has 1 aromatic rings. The first-order chi connectivity index (χ1) is 15.7. The largest absolute Gasteiger partial charge is 0.356 e. The molecule has 2 N–H and O–H groups in total. The first kappa shape index (κ1) is 26.3. The summed E-state index contributed by atoms with van der Waals surface area (Å²) in [5.41, 5.74) is 1.42. The second-order valence-electron chi connectivity index (χ2n) is 9.89. The molecule has 2 aliphatic heterocycles. The monoisotopic (exact) mass is 567 g/mol. The van der Waals surface area contributed by atoms with Crippen molar-refractivity contribution in [3.63, 3.8) is 0 Å². The van der Waals surface area contributed by atoms with Crippen molar-refractivity contribution >= 4 is 35.8 Å². The Morgan fingerprint density at radius 1 is 1.03 bits per heavy atom. The number of carbonyl (C=O) groups excluding carboxylic acids is 1. The highest BCUT2D eigenvalue weighted by atomic mass is 127. The lowest BCUT2D eigenvalue weighted by Crippen LogP contribution is -2.46. The fourth-order valence-corrected chi connectivity index (χ4v) is 5.53. The number of amides is 1. The molecule has 184 valence electrons. The van der Waals surface area contributed by atoms with Crippen LogP contribution < -0.4 is 10.6 Å². The molecule has 0 bridgehead atoms. The molecular formula is C26H42IN5O. The Labute approximate surface area is 217 Å². The van der Waals surface area contributed by atoms with Crippen LogP contribution in [-0.2, 0) is 11.2 Å². The fourth-order valence-electron chi connectivity index (χ4n) is 5.53. The molecule has 3 aliphatic rings. The highest BCUT2D eigenvalue weighted by Gasteiger charge is 2.32. The summed E-state index contributed by atoms with van der Waals surface area (Å²) >= 11 is 0. The summed E-state index contributed by atoms with van der Waals surface area (Å²) in [6, 6.07) is 11.1. The van der Waals surface area contributed by atoms with Gasteiger partial charge in [-0.2, -0.15) is 0 Å². The molecule has 3 fully saturated rings. The highest BCUT2D eigenvalue weighted by molar-refractivity contribution is 14.0. The Morgan fingerprint density at radius 3 is 2.58 bits per heavy atom. The van der Waals surface area contributed by atoms with Crippen molar-refractivity contribution in [2.45, 2.75) is 57.4 Å². The summed E-state index contributed by atoms with van der Waals surface area (Å²) in [4.78, 5) is 21.9. The summed E-state index contributed by atoms with van der Waals surface area (Å²) in [6.07, 6.45) is 9.27. The van der Waals surface area contributed by atoms with Crippen LogP contribution in [0.5, 0.6) is 0 Å². The third kappa shape index (κ3) is 7.84. The molecular weight excluding hydrogens is 525 g/mol. The highest BCUT2D eigenvalue weighted by Crippen LogP contribution is 2.26. The molecule has 0 aromatic heterocycles. The number of nitrogens with zero attached hydrogens (tertiary/aromatic N) is 3. The van der Waals surface area contributed by atoms with E-state index in [0.717, 1.165) is 64.4 Å². The van der Waals surface area contributed by atoms with Crippen LogP contribution >= 0.6 is 24.0 Å². The predicted molar refractivity (Wildman–Crippen MR) is 146 cm³/mol. The van der Waals surface area contributed by atoms with Gasteiger partial charge in [-0.3, -0.25) is 9.79 Å². The van der Waals surface area contributed by atoms with Gasteiger partial charge in [0.15, 0.2) is 5.96 Å². The van der Waals surface area contributed by atoms with Crippen molar-refractivity contribution in [2.24, 2.45) is 16.8 Å². The quantitative estimate of drug-likeness (QED) is 0.301. The molecule has 2 heterocycles. The van der Waals surface area contributed by atoms with E-state index in [-0.39, 0.29) is 29.9 Å². The molecule has 0 radical (unpaired) electrons. The van der Waals surface area contributed by atoms with E-state index < -0.39 is 0 Å². The Hall–Kier alpha value is -1.35. The molecule has 2 unspecified atom stereocenters. The van der Waals surface area contributed by atoms with E-state index in [2.05, 4.69) is 55.8 Å². The molecule has 2 atom stereocenters. The normalized spacial score (nSPS) is 24.5. The van der Waals surface area contributed by atoms with E-state index in [4.69, 9.17) is 0 Å². The van der Waals surface area contributed by atoms with E-state index in [9.17, 15) is 4.79 Å². The summed E-state index contributed by atoms with van der Waals surface area (Å²) in [7, 11) is 1.84. The number of benzene rings is 1. The van der Waals surface area contributed by atoms with Crippen molar-refractivity contribution in [1.29, 1.82) is 0 Å². The van der Waals surface area contributed by atoms with Crippen LogP contribution in [0.25, 0.3) is 0 Å². The first-order valence-corrected chi connectivity index (χ1v) is 12.7. The van der Waals surface area contributed by atoms with E-state index in [1.807, 2.05) is 7.05 Å². The van der Waals surface area contributed by atoms with Gasteiger partial charge in [-0.05, 0) is 50.1 Å². The van der Waals surface area contributed by atoms with Gasteiger partial charge < -0.3 is 20.4 Å². The zero-order valence-corrected chi connectivity index (χ0v) is 22.5. The minimum Gasteiger partial charge on any atom is -0.356 e. The van der Waals surface area contributed by atoms with Gasteiger partial charge in [0, 0.05) is 51.7 Å². The molecule has 1 saturated carbocycles. The van der Waals surface area contributed by atoms with Gasteiger partial charge in [-0.25, -0.2) is 0 Å². The van der Waals surface area contributed by atoms with Gasteiger partial charge in [0.25, 0.3) is 0 Å². The number of rotatable bonds is 7. The molecule has 33 heavy (non-hydrogen) atoms. The molecule has 1 aromatic carbocycles.